The highest BCUT2D eigenvalue weighted by atomic mass is 16.1. The van der Waals surface area contributed by atoms with E-state index >= 15 is 0 Å². The van der Waals surface area contributed by atoms with Gasteiger partial charge in [0.05, 0.1) is 35.8 Å². The number of hydrogen-bond donors (Lipinski definition) is 0. The summed E-state index contributed by atoms with van der Waals surface area (Å²) in [6.07, 6.45) is 9.71. The van der Waals surface area contributed by atoms with Crippen molar-refractivity contribution in [3.63, 3.8) is 0 Å². The molecule has 0 radical (unpaired) electrons. The molecule has 0 bridgehead atoms. The minimum absolute atomic E-state index is 0.123. The number of fused-ring (bicyclic) bond motifs is 2. The zero-order valence-corrected chi connectivity index (χ0v) is 14.9. The Morgan fingerprint density at radius 1 is 1.15 bits per heavy atom. The quantitative estimate of drug-likeness (QED) is 0.647. The maximum absolute atomic E-state index is 12.8. The van der Waals surface area contributed by atoms with E-state index in [1.165, 1.54) is 19.3 Å². The summed E-state index contributed by atoms with van der Waals surface area (Å²) in [4.78, 5) is 25.3. The normalized spacial score (nSPS) is 20.0. The third-order valence-electron chi connectivity index (χ3n) is 5.87. The third kappa shape index (κ3) is 2.54. The SMILES string of the molecule is [C-]#[N+]c1ccc2c(c1)C(c1ncnc3c1cnn3C1CCCCC1)C(=O)C2. The van der Waals surface area contributed by atoms with Crippen molar-refractivity contribution in [1.29, 1.82) is 0 Å². The maximum atomic E-state index is 12.8. The molecular weight excluding hydrogens is 338 g/mol. The van der Waals surface area contributed by atoms with Crippen LogP contribution in [0.15, 0.2) is 30.7 Å². The fraction of sp³-hybridized carbons (Fsp3) is 0.381. The molecule has 0 N–H and O–H groups in total. The molecule has 1 saturated carbocycles. The van der Waals surface area contributed by atoms with Crippen LogP contribution in [0.25, 0.3) is 15.9 Å². The Balaban J connectivity index is 1.63. The monoisotopic (exact) mass is 357 g/mol. The summed E-state index contributed by atoms with van der Waals surface area (Å²) in [6, 6.07) is 5.87. The summed E-state index contributed by atoms with van der Waals surface area (Å²) in [7, 11) is 0. The summed E-state index contributed by atoms with van der Waals surface area (Å²) >= 11 is 0. The van der Waals surface area contributed by atoms with Crippen LogP contribution >= 0.6 is 0 Å². The third-order valence-corrected chi connectivity index (χ3v) is 5.87. The van der Waals surface area contributed by atoms with Crippen LogP contribution in [0.5, 0.6) is 0 Å². The lowest BCUT2D eigenvalue weighted by Gasteiger charge is -2.22. The highest BCUT2D eigenvalue weighted by molar-refractivity contribution is 5.98. The highest BCUT2D eigenvalue weighted by Crippen LogP contribution is 2.39. The summed E-state index contributed by atoms with van der Waals surface area (Å²) < 4.78 is 2.02. The predicted octanol–water partition coefficient (Wildman–Crippen LogP) is 4.14. The van der Waals surface area contributed by atoms with Crippen LogP contribution in [0.4, 0.5) is 5.69 Å². The molecule has 2 aliphatic carbocycles. The zero-order valence-electron chi connectivity index (χ0n) is 14.9. The fourth-order valence-electron chi connectivity index (χ4n) is 4.55. The largest absolute Gasteiger partial charge is 0.298 e. The molecule has 0 saturated heterocycles. The van der Waals surface area contributed by atoms with Gasteiger partial charge in [-0.25, -0.2) is 19.5 Å². The van der Waals surface area contributed by atoms with Gasteiger partial charge in [0.2, 0.25) is 0 Å². The second-order valence-corrected chi connectivity index (χ2v) is 7.45. The first-order valence-electron chi connectivity index (χ1n) is 9.47. The first-order chi connectivity index (χ1) is 13.3. The van der Waals surface area contributed by atoms with E-state index in [4.69, 9.17) is 6.57 Å². The Hall–Kier alpha value is -3.07. The van der Waals surface area contributed by atoms with Gasteiger partial charge in [-0.1, -0.05) is 37.5 Å². The Morgan fingerprint density at radius 3 is 2.81 bits per heavy atom. The van der Waals surface area contributed by atoms with E-state index in [1.807, 2.05) is 23.0 Å². The first-order valence-corrected chi connectivity index (χ1v) is 9.47. The van der Waals surface area contributed by atoms with Gasteiger partial charge in [0, 0.05) is 6.42 Å². The average molecular weight is 357 g/mol. The molecule has 0 amide bonds. The van der Waals surface area contributed by atoms with Crippen LogP contribution in [-0.2, 0) is 11.2 Å². The van der Waals surface area contributed by atoms with E-state index in [0.29, 0.717) is 23.8 Å². The van der Waals surface area contributed by atoms with Gasteiger partial charge < -0.3 is 0 Å². The molecule has 1 aromatic carbocycles. The molecule has 6 heteroatoms. The van der Waals surface area contributed by atoms with Gasteiger partial charge >= 0.3 is 0 Å². The lowest BCUT2D eigenvalue weighted by molar-refractivity contribution is -0.118. The lowest BCUT2D eigenvalue weighted by Crippen LogP contribution is -2.15. The van der Waals surface area contributed by atoms with E-state index in [1.54, 1.807) is 12.4 Å². The Labute approximate surface area is 157 Å². The number of carbonyl (C=O) groups excluding carboxylic acids is 1. The first kappa shape index (κ1) is 16.1. The van der Waals surface area contributed by atoms with Crippen LogP contribution in [0.2, 0.25) is 0 Å². The van der Waals surface area contributed by atoms with Gasteiger partial charge in [-0.05, 0) is 24.0 Å². The van der Waals surface area contributed by atoms with Gasteiger partial charge in [0.15, 0.2) is 17.1 Å². The van der Waals surface area contributed by atoms with Gasteiger partial charge in [-0.2, -0.15) is 5.10 Å². The molecule has 0 spiro atoms. The highest BCUT2D eigenvalue weighted by Gasteiger charge is 2.35. The van der Waals surface area contributed by atoms with Crippen molar-refractivity contribution in [2.75, 3.05) is 0 Å². The minimum atomic E-state index is -0.434. The van der Waals surface area contributed by atoms with E-state index in [2.05, 4.69) is 19.9 Å². The van der Waals surface area contributed by atoms with E-state index in [-0.39, 0.29) is 5.78 Å². The molecule has 1 fully saturated rings. The Kier molecular flexibility index (Phi) is 3.75. The van der Waals surface area contributed by atoms with Crippen LogP contribution in [-0.4, -0.2) is 25.5 Å². The van der Waals surface area contributed by atoms with Crippen molar-refractivity contribution < 1.29 is 4.79 Å². The number of carbonyl (C=O) groups is 1. The van der Waals surface area contributed by atoms with Gasteiger partial charge in [-0.15, -0.1) is 0 Å². The van der Waals surface area contributed by atoms with Crippen LogP contribution in [0.3, 0.4) is 0 Å². The van der Waals surface area contributed by atoms with Crippen LogP contribution in [0.1, 0.15) is 60.9 Å². The standard InChI is InChI=1S/C21H19N5O/c1-22-14-8-7-13-9-18(27)19(16(13)10-14)20-17-11-25-26(21(17)24-12-23-20)15-5-3-2-4-6-15/h7-8,10-12,15,19H,2-6,9H2. The minimum Gasteiger partial charge on any atom is -0.298 e. The Morgan fingerprint density at radius 2 is 2.00 bits per heavy atom. The molecule has 6 nitrogen and oxygen atoms in total. The molecule has 3 aromatic rings. The molecule has 5 rings (SSSR count). The summed E-state index contributed by atoms with van der Waals surface area (Å²) in [5.41, 5.74) is 3.97. The number of hydrogen-bond acceptors (Lipinski definition) is 4. The molecule has 1 unspecified atom stereocenters. The van der Waals surface area contributed by atoms with Crippen molar-refractivity contribution in [1.82, 2.24) is 19.7 Å². The Bertz CT molecular complexity index is 1090. The molecular formula is C21H19N5O. The van der Waals surface area contributed by atoms with Crippen LogP contribution in [0, 0.1) is 6.57 Å². The van der Waals surface area contributed by atoms with Crippen molar-refractivity contribution in [2.24, 2.45) is 0 Å². The number of benzene rings is 1. The molecule has 2 aliphatic rings. The van der Waals surface area contributed by atoms with E-state index in [9.17, 15) is 4.79 Å². The fourth-order valence-corrected chi connectivity index (χ4v) is 4.55. The number of aromatic nitrogens is 4. The van der Waals surface area contributed by atoms with Gasteiger partial charge in [0.1, 0.15) is 6.33 Å². The molecule has 134 valence electrons. The van der Waals surface area contributed by atoms with E-state index < -0.39 is 5.92 Å². The van der Waals surface area contributed by atoms with Gasteiger partial charge in [0.25, 0.3) is 0 Å². The van der Waals surface area contributed by atoms with Crippen LogP contribution < -0.4 is 0 Å². The predicted molar refractivity (Wildman–Crippen MR) is 101 cm³/mol. The molecule has 2 heterocycles. The molecule has 0 aliphatic heterocycles. The lowest BCUT2D eigenvalue weighted by atomic mass is 9.94. The molecule has 2 aromatic heterocycles. The number of nitrogens with zero attached hydrogens (tertiary/aromatic N) is 5. The average Bonchev–Trinajstić information content (AvgIpc) is 3.28. The smallest absolute Gasteiger partial charge is 0.187 e. The van der Waals surface area contributed by atoms with Crippen molar-refractivity contribution in [3.05, 3.63) is 59.0 Å². The summed E-state index contributed by atoms with van der Waals surface area (Å²) in [5.74, 6) is -0.311. The van der Waals surface area contributed by atoms with Crippen molar-refractivity contribution in [2.45, 2.75) is 50.5 Å². The second kappa shape index (κ2) is 6.27. The number of Topliss-reactive ketones (excluding diaryl/α,β-unsaturated/α-hetero) is 1. The second-order valence-electron chi connectivity index (χ2n) is 7.45. The number of rotatable bonds is 2. The van der Waals surface area contributed by atoms with Crippen molar-refractivity contribution >= 4 is 22.5 Å². The van der Waals surface area contributed by atoms with Crippen molar-refractivity contribution in [3.8, 4) is 0 Å². The topological polar surface area (TPSA) is 65.0 Å². The van der Waals surface area contributed by atoms with E-state index in [0.717, 1.165) is 35.0 Å². The molecule has 27 heavy (non-hydrogen) atoms. The molecule has 1 atom stereocenters. The summed E-state index contributed by atoms with van der Waals surface area (Å²) in [5, 5.41) is 5.47. The zero-order chi connectivity index (χ0) is 18.4. The maximum Gasteiger partial charge on any atom is 0.187 e. The summed E-state index contributed by atoms with van der Waals surface area (Å²) in [6.45, 7) is 7.28. The van der Waals surface area contributed by atoms with Gasteiger partial charge in [-0.3, -0.25) is 4.79 Å². The number of ketones is 1.